The highest BCUT2D eigenvalue weighted by molar-refractivity contribution is 6.22. The van der Waals surface area contributed by atoms with Crippen LogP contribution in [0.4, 0.5) is 0 Å². The summed E-state index contributed by atoms with van der Waals surface area (Å²) < 4.78 is 10.5. The largest absolute Gasteiger partial charge is 0.497 e. The molecule has 0 amide bonds. The maximum absolute atomic E-state index is 6.48. The van der Waals surface area contributed by atoms with Crippen LogP contribution in [0.5, 0.6) is 5.75 Å². The van der Waals surface area contributed by atoms with E-state index in [9.17, 15) is 0 Å². The van der Waals surface area contributed by atoms with Crippen molar-refractivity contribution in [2.75, 3.05) is 7.11 Å². The molecule has 2 nitrogen and oxygen atoms in total. The van der Waals surface area contributed by atoms with Crippen molar-refractivity contribution in [3.05, 3.63) is 53.0 Å². The molecule has 0 radical (unpaired) electrons. The lowest BCUT2D eigenvalue weighted by Crippen LogP contribution is -1.97. The highest BCUT2D eigenvalue weighted by Gasteiger charge is 2.17. The maximum Gasteiger partial charge on any atom is 0.119 e. The minimum absolute atomic E-state index is 0.181. The minimum Gasteiger partial charge on any atom is -0.497 e. The summed E-state index contributed by atoms with van der Waals surface area (Å²) in [5.41, 5.74) is 3.21. The van der Waals surface area contributed by atoms with Gasteiger partial charge in [0.25, 0.3) is 0 Å². The third-order valence-electron chi connectivity index (χ3n) is 2.92. The fourth-order valence-corrected chi connectivity index (χ4v) is 2.36. The summed E-state index contributed by atoms with van der Waals surface area (Å²) in [6.07, 6.45) is 1.67. The van der Waals surface area contributed by atoms with Crippen LogP contribution in [-0.4, -0.2) is 7.11 Å². The van der Waals surface area contributed by atoms with Crippen LogP contribution in [0.3, 0.4) is 0 Å². The Labute approximate surface area is 106 Å². The molecule has 0 saturated carbocycles. The van der Waals surface area contributed by atoms with Crippen LogP contribution in [0.1, 0.15) is 27.8 Å². The zero-order valence-corrected chi connectivity index (χ0v) is 10.9. The molecule has 0 spiro atoms. The van der Waals surface area contributed by atoms with Gasteiger partial charge >= 0.3 is 0 Å². The smallest absolute Gasteiger partial charge is 0.119 e. The Bertz CT molecular complexity index is 517. The molecule has 17 heavy (non-hydrogen) atoms. The maximum atomic E-state index is 6.48. The summed E-state index contributed by atoms with van der Waals surface area (Å²) in [5, 5.41) is -0.181. The van der Waals surface area contributed by atoms with E-state index in [-0.39, 0.29) is 5.38 Å². The molecule has 0 saturated heterocycles. The quantitative estimate of drug-likeness (QED) is 0.761. The van der Waals surface area contributed by atoms with Gasteiger partial charge in [-0.15, -0.1) is 11.6 Å². The van der Waals surface area contributed by atoms with E-state index >= 15 is 0 Å². The molecule has 0 aliphatic rings. The van der Waals surface area contributed by atoms with Crippen molar-refractivity contribution in [1.82, 2.24) is 0 Å². The lowest BCUT2D eigenvalue weighted by atomic mass is 10.0. The first-order chi connectivity index (χ1) is 8.13. The predicted octanol–water partition coefficient (Wildman–Crippen LogP) is 4.23. The number of methoxy groups -OCH3 is 1. The second-order valence-corrected chi connectivity index (χ2v) is 4.45. The Balaban J connectivity index is 2.38. The Hall–Kier alpha value is -1.41. The molecule has 0 aliphatic carbocycles. The van der Waals surface area contributed by atoms with Gasteiger partial charge in [0.05, 0.1) is 18.8 Å². The van der Waals surface area contributed by atoms with Crippen LogP contribution in [-0.2, 0) is 0 Å². The molecule has 1 unspecified atom stereocenters. The van der Waals surface area contributed by atoms with Gasteiger partial charge in [-0.1, -0.05) is 6.07 Å². The Kier molecular flexibility index (Phi) is 3.43. The van der Waals surface area contributed by atoms with Gasteiger partial charge in [0.2, 0.25) is 0 Å². The number of hydrogen-bond donors (Lipinski definition) is 0. The Morgan fingerprint density at radius 3 is 2.47 bits per heavy atom. The highest BCUT2D eigenvalue weighted by atomic mass is 35.5. The van der Waals surface area contributed by atoms with Crippen LogP contribution in [0.15, 0.2) is 34.9 Å². The number of furan rings is 1. The first-order valence-electron chi connectivity index (χ1n) is 5.46. The molecule has 1 aromatic heterocycles. The number of rotatable bonds is 3. The van der Waals surface area contributed by atoms with E-state index in [2.05, 4.69) is 0 Å². The second-order valence-electron chi connectivity index (χ2n) is 4.02. The summed E-state index contributed by atoms with van der Waals surface area (Å²) in [5.74, 6) is 1.71. The lowest BCUT2D eigenvalue weighted by molar-refractivity contribution is 0.414. The van der Waals surface area contributed by atoms with Gasteiger partial charge in [0, 0.05) is 5.56 Å². The van der Waals surface area contributed by atoms with Gasteiger partial charge in [-0.3, -0.25) is 0 Å². The molecule has 2 rings (SSSR count). The van der Waals surface area contributed by atoms with Crippen LogP contribution >= 0.6 is 11.6 Å². The van der Waals surface area contributed by atoms with E-state index in [0.717, 1.165) is 28.2 Å². The van der Waals surface area contributed by atoms with Crippen molar-refractivity contribution < 1.29 is 9.15 Å². The molecule has 1 aromatic carbocycles. The zero-order chi connectivity index (χ0) is 12.4. The number of aryl methyl sites for hydroxylation is 2. The van der Waals surface area contributed by atoms with Crippen molar-refractivity contribution in [2.24, 2.45) is 0 Å². The summed E-state index contributed by atoms with van der Waals surface area (Å²) in [6, 6.07) is 7.82. The fourth-order valence-electron chi connectivity index (χ4n) is 1.88. The highest BCUT2D eigenvalue weighted by Crippen LogP contribution is 2.34. The van der Waals surface area contributed by atoms with Crippen LogP contribution < -0.4 is 4.74 Å². The standard InChI is InChI=1S/C14H15ClO2/c1-9-8-11(16-3)4-5-12(9)14(15)13-6-7-17-10(13)2/h4-8,14H,1-3H3. The number of hydrogen-bond acceptors (Lipinski definition) is 2. The van der Waals surface area contributed by atoms with E-state index in [1.807, 2.05) is 38.1 Å². The van der Waals surface area contributed by atoms with Crippen LogP contribution in [0, 0.1) is 13.8 Å². The molecular weight excluding hydrogens is 236 g/mol. The third kappa shape index (κ3) is 2.32. The number of ether oxygens (including phenoxy) is 1. The lowest BCUT2D eigenvalue weighted by Gasteiger charge is -2.13. The first-order valence-corrected chi connectivity index (χ1v) is 5.89. The van der Waals surface area contributed by atoms with Crippen molar-refractivity contribution in [3.8, 4) is 5.75 Å². The van der Waals surface area contributed by atoms with Gasteiger partial charge in [-0.25, -0.2) is 0 Å². The molecule has 2 aromatic rings. The molecule has 0 N–H and O–H groups in total. The fraction of sp³-hybridized carbons (Fsp3) is 0.286. The van der Waals surface area contributed by atoms with Crippen molar-refractivity contribution in [2.45, 2.75) is 19.2 Å². The van der Waals surface area contributed by atoms with Gasteiger partial charge in [0.15, 0.2) is 0 Å². The van der Waals surface area contributed by atoms with Crippen molar-refractivity contribution in [1.29, 1.82) is 0 Å². The number of benzene rings is 1. The van der Waals surface area contributed by atoms with Gasteiger partial charge < -0.3 is 9.15 Å². The summed E-state index contributed by atoms with van der Waals surface area (Å²) in [6.45, 7) is 3.95. The van der Waals surface area contributed by atoms with Gasteiger partial charge in [-0.05, 0) is 43.2 Å². The summed E-state index contributed by atoms with van der Waals surface area (Å²) in [7, 11) is 1.66. The van der Waals surface area contributed by atoms with Crippen molar-refractivity contribution in [3.63, 3.8) is 0 Å². The predicted molar refractivity (Wildman–Crippen MR) is 68.9 cm³/mol. The average molecular weight is 251 g/mol. The molecule has 0 aliphatic heterocycles. The van der Waals surface area contributed by atoms with Crippen LogP contribution in [0.2, 0.25) is 0 Å². The molecule has 1 atom stereocenters. The van der Waals surface area contributed by atoms with E-state index < -0.39 is 0 Å². The topological polar surface area (TPSA) is 22.4 Å². The Morgan fingerprint density at radius 2 is 1.94 bits per heavy atom. The minimum atomic E-state index is -0.181. The van der Waals surface area contributed by atoms with E-state index in [1.165, 1.54) is 0 Å². The van der Waals surface area contributed by atoms with E-state index in [1.54, 1.807) is 13.4 Å². The number of halogens is 1. The normalized spacial score (nSPS) is 12.5. The summed E-state index contributed by atoms with van der Waals surface area (Å²) in [4.78, 5) is 0. The SMILES string of the molecule is COc1ccc(C(Cl)c2ccoc2C)c(C)c1. The molecular formula is C14H15ClO2. The molecule has 3 heteroatoms. The molecule has 0 fully saturated rings. The van der Waals surface area contributed by atoms with Gasteiger partial charge in [-0.2, -0.15) is 0 Å². The molecule has 1 heterocycles. The first kappa shape index (κ1) is 12.1. The summed E-state index contributed by atoms with van der Waals surface area (Å²) >= 11 is 6.48. The molecule has 90 valence electrons. The monoisotopic (exact) mass is 250 g/mol. The van der Waals surface area contributed by atoms with E-state index in [4.69, 9.17) is 20.8 Å². The Morgan fingerprint density at radius 1 is 1.18 bits per heavy atom. The molecule has 0 bridgehead atoms. The third-order valence-corrected chi connectivity index (χ3v) is 3.39. The number of alkyl halides is 1. The second kappa shape index (κ2) is 4.84. The zero-order valence-electron chi connectivity index (χ0n) is 10.2. The van der Waals surface area contributed by atoms with Gasteiger partial charge in [0.1, 0.15) is 11.5 Å². The van der Waals surface area contributed by atoms with E-state index in [0.29, 0.717) is 0 Å². The van der Waals surface area contributed by atoms with Crippen LogP contribution in [0.25, 0.3) is 0 Å². The average Bonchev–Trinajstić information content (AvgIpc) is 2.74. The van der Waals surface area contributed by atoms with Crippen molar-refractivity contribution >= 4 is 11.6 Å².